The van der Waals surface area contributed by atoms with Crippen LogP contribution >= 0.6 is 0 Å². The summed E-state index contributed by atoms with van der Waals surface area (Å²) in [6.07, 6.45) is 1.91. The highest BCUT2D eigenvalue weighted by atomic mass is 16.3. The summed E-state index contributed by atoms with van der Waals surface area (Å²) in [5.41, 5.74) is 7.22. The Kier molecular flexibility index (Phi) is 6.33. The molecular weight excluding hydrogens is 659 g/mol. The fraction of sp³-hybridized carbons (Fsp3) is 0. The molecule has 0 saturated heterocycles. The molecule has 0 radical (unpaired) electrons. The Morgan fingerprint density at radius 3 is 2.02 bits per heavy atom. The molecule has 2 aromatic heterocycles. The van der Waals surface area contributed by atoms with Gasteiger partial charge in [-0.1, -0.05) is 115 Å². The van der Waals surface area contributed by atoms with Crippen LogP contribution in [0.15, 0.2) is 211 Å². The number of hydrogen-bond donors (Lipinski definition) is 0. The average molecular weight is 699 g/mol. The number of nitrogens with zero attached hydrogens (tertiary/aromatic N) is 3. The van der Waals surface area contributed by atoms with Crippen LogP contribution in [0, 0.1) is 0 Å². The van der Waals surface area contributed by atoms with Crippen LogP contribution in [0.4, 0.5) is 17.1 Å². The first-order valence-corrected chi connectivity index (χ1v) is 17.7. The monoisotopic (exact) mass is 698 g/mol. The van der Waals surface area contributed by atoms with Crippen molar-refractivity contribution in [1.29, 1.82) is 0 Å². The smallest absolute Gasteiger partial charge is 0.336 e. The number of rotatable bonds is 7. The van der Waals surface area contributed by atoms with Crippen molar-refractivity contribution in [3.05, 3.63) is 206 Å². The Morgan fingerprint density at radius 1 is 0.537 bits per heavy atom. The summed E-state index contributed by atoms with van der Waals surface area (Å²) < 4.78 is 63.6. The Balaban J connectivity index is 1.15. The number of anilines is 3. The largest absolute Gasteiger partial charge is 0.456 e. The third-order valence-corrected chi connectivity index (χ3v) is 9.63. The van der Waals surface area contributed by atoms with Gasteiger partial charge in [-0.3, -0.25) is 0 Å². The van der Waals surface area contributed by atoms with E-state index in [1.54, 1.807) is 0 Å². The van der Waals surface area contributed by atoms with Crippen molar-refractivity contribution in [2.45, 2.75) is 0 Å². The van der Waals surface area contributed by atoms with Crippen LogP contribution in [0.5, 0.6) is 0 Å². The third kappa shape index (κ3) is 5.67. The summed E-state index contributed by atoms with van der Waals surface area (Å²) in [4.78, 5) is 7.16. The molecule has 4 heteroatoms. The SMILES string of the molecule is [2H]c1c([2H])c(-c2nc3ccccc3c[n+]2-c2ccccc2)c2c(oc3c([2H])c(-c4ccc(N(c5ccccc5)c5cccc(-c6ccccc6)c5)cc4)c([2H])c([2H])c32)c1[2H]. The van der Waals surface area contributed by atoms with Crippen LogP contribution in [-0.4, -0.2) is 4.98 Å². The van der Waals surface area contributed by atoms with Gasteiger partial charge < -0.3 is 9.32 Å². The maximum Gasteiger partial charge on any atom is 0.336 e. The van der Waals surface area contributed by atoms with Crippen molar-refractivity contribution in [1.82, 2.24) is 4.98 Å². The molecule has 254 valence electrons. The van der Waals surface area contributed by atoms with E-state index in [0.29, 0.717) is 16.9 Å². The zero-order valence-corrected chi connectivity index (χ0v) is 28.9. The second-order valence-electron chi connectivity index (χ2n) is 13.0. The second kappa shape index (κ2) is 13.4. The van der Waals surface area contributed by atoms with Crippen molar-refractivity contribution in [2.75, 3.05) is 4.90 Å². The minimum atomic E-state index is -0.372. The molecule has 4 nitrogen and oxygen atoms in total. The number of hydrogen-bond acceptors (Lipinski definition) is 3. The zero-order chi connectivity index (χ0) is 41.1. The predicted molar refractivity (Wildman–Crippen MR) is 222 cm³/mol. The van der Waals surface area contributed by atoms with Gasteiger partial charge in [-0.15, -0.1) is 0 Å². The first kappa shape index (κ1) is 25.6. The fourth-order valence-corrected chi connectivity index (χ4v) is 7.04. The van der Waals surface area contributed by atoms with Gasteiger partial charge in [0.25, 0.3) is 0 Å². The Morgan fingerprint density at radius 2 is 1.20 bits per heavy atom. The van der Waals surface area contributed by atoms with E-state index < -0.39 is 0 Å². The van der Waals surface area contributed by atoms with Gasteiger partial charge in [0.2, 0.25) is 0 Å². The standard InChI is InChI=1S/C50H34N3O/c1-4-14-35(15-5-1)37-17-12-22-43(32-37)53(41-20-8-3-9-21-41)42-29-26-36(27-30-42)38-28-31-44-48(33-38)54-47-25-13-23-45(49(44)47)50-51-46-24-11-10-16-39(46)34-52(50)40-18-6-2-7-19-40/h1-34H/q+1/i13D,23D,25D,28D,31D,33D. The molecule has 0 spiro atoms. The molecule has 0 aliphatic carbocycles. The van der Waals surface area contributed by atoms with Gasteiger partial charge in [-0.2, -0.15) is 4.57 Å². The molecule has 0 saturated carbocycles. The van der Waals surface area contributed by atoms with Crippen LogP contribution in [0.3, 0.4) is 0 Å². The van der Waals surface area contributed by atoms with Gasteiger partial charge in [0, 0.05) is 27.8 Å². The molecule has 10 aromatic rings. The lowest BCUT2D eigenvalue weighted by Crippen LogP contribution is -2.34. The van der Waals surface area contributed by atoms with Crippen molar-refractivity contribution in [3.8, 4) is 39.3 Å². The maximum atomic E-state index is 9.51. The second-order valence-corrected chi connectivity index (χ2v) is 13.0. The van der Waals surface area contributed by atoms with Crippen LogP contribution in [0.2, 0.25) is 0 Å². The highest BCUT2D eigenvalue weighted by molar-refractivity contribution is 6.12. The number of furan rings is 1. The summed E-state index contributed by atoms with van der Waals surface area (Å²) in [6.45, 7) is 0. The number of fused-ring (bicyclic) bond motifs is 4. The summed E-state index contributed by atoms with van der Waals surface area (Å²) in [5.74, 6) is 0.306. The van der Waals surface area contributed by atoms with Gasteiger partial charge in [-0.25, -0.2) is 0 Å². The molecule has 8 aromatic carbocycles. The first-order valence-electron chi connectivity index (χ1n) is 20.7. The first-order chi connectivity index (χ1) is 29.3. The molecule has 0 unspecified atom stereocenters. The lowest BCUT2D eigenvalue weighted by Gasteiger charge is -2.26. The molecule has 0 atom stereocenters. The van der Waals surface area contributed by atoms with E-state index in [0.717, 1.165) is 39.3 Å². The van der Waals surface area contributed by atoms with E-state index in [4.69, 9.17) is 12.1 Å². The minimum absolute atomic E-state index is 0.000478. The van der Waals surface area contributed by atoms with E-state index in [9.17, 15) is 5.48 Å². The van der Waals surface area contributed by atoms with Crippen LogP contribution in [0.1, 0.15) is 8.22 Å². The highest BCUT2D eigenvalue weighted by Crippen LogP contribution is 2.40. The topological polar surface area (TPSA) is 33.1 Å². The summed E-state index contributed by atoms with van der Waals surface area (Å²) in [5, 5.41) is 1.17. The minimum Gasteiger partial charge on any atom is -0.456 e. The molecule has 10 rings (SSSR count). The molecule has 0 N–H and O–H groups in total. The van der Waals surface area contributed by atoms with E-state index in [1.807, 2.05) is 144 Å². The molecule has 2 heterocycles. The summed E-state index contributed by atoms with van der Waals surface area (Å²) in [7, 11) is 0. The van der Waals surface area contributed by atoms with Crippen molar-refractivity contribution >= 4 is 49.9 Å². The van der Waals surface area contributed by atoms with Crippen LogP contribution in [0.25, 0.3) is 72.2 Å². The average Bonchev–Trinajstić information content (AvgIpc) is 3.70. The molecule has 0 aliphatic heterocycles. The predicted octanol–water partition coefficient (Wildman–Crippen LogP) is 12.9. The van der Waals surface area contributed by atoms with Crippen LogP contribution in [-0.2, 0) is 0 Å². The summed E-state index contributed by atoms with van der Waals surface area (Å²) in [6, 6.07) is 51.8. The molecule has 0 bridgehead atoms. The number of benzene rings is 8. The maximum absolute atomic E-state index is 9.51. The van der Waals surface area contributed by atoms with E-state index in [-0.39, 0.29) is 69.3 Å². The summed E-state index contributed by atoms with van der Waals surface area (Å²) >= 11 is 0. The van der Waals surface area contributed by atoms with E-state index in [2.05, 4.69) is 35.2 Å². The highest BCUT2D eigenvalue weighted by Gasteiger charge is 2.24. The van der Waals surface area contributed by atoms with E-state index in [1.165, 1.54) is 0 Å². The molecule has 0 aliphatic rings. The van der Waals surface area contributed by atoms with Gasteiger partial charge in [0.1, 0.15) is 23.1 Å². The lowest BCUT2D eigenvalue weighted by atomic mass is 10.0. The number of para-hydroxylation sites is 3. The van der Waals surface area contributed by atoms with Gasteiger partial charge >= 0.3 is 5.82 Å². The van der Waals surface area contributed by atoms with Crippen molar-refractivity contribution in [2.24, 2.45) is 0 Å². The van der Waals surface area contributed by atoms with Gasteiger partial charge in [0.15, 0.2) is 5.52 Å². The zero-order valence-electron chi connectivity index (χ0n) is 34.9. The quantitative estimate of drug-likeness (QED) is 0.155. The number of aromatic nitrogens is 2. The Labute approximate surface area is 321 Å². The molecule has 54 heavy (non-hydrogen) atoms. The molecular formula is C50H34N3O+. The van der Waals surface area contributed by atoms with Gasteiger partial charge in [0.05, 0.1) is 19.2 Å². The molecule has 0 fully saturated rings. The Bertz CT molecular complexity index is 3270. The lowest BCUT2D eigenvalue weighted by molar-refractivity contribution is -0.585. The van der Waals surface area contributed by atoms with Crippen molar-refractivity contribution in [3.63, 3.8) is 0 Å². The molecule has 0 amide bonds. The van der Waals surface area contributed by atoms with Crippen molar-refractivity contribution < 1.29 is 17.2 Å². The third-order valence-electron chi connectivity index (χ3n) is 9.63. The van der Waals surface area contributed by atoms with Gasteiger partial charge in [-0.05, 0) is 112 Å². The normalized spacial score (nSPS) is 12.9. The van der Waals surface area contributed by atoms with E-state index >= 15 is 0 Å². The Hall–Kier alpha value is -7.30. The fourth-order valence-electron chi connectivity index (χ4n) is 7.04. The van der Waals surface area contributed by atoms with Crippen LogP contribution < -0.4 is 9.47 Å².